The lowest BCUT2D eigenvalue weighted by molar-refractivity contribution is -0.132. The van der Waals surface area contributed by atoms with Crippen molar-refractivity contribution in [2.45, 2.75) is 31.8 Å². The molecule has 3 fully saturated rings. The molecule has 1 unspecified atom stereocenters. The molecule has 8 heteroatoms. The summed E-state index contributed by atoms with van der Waals surface area (Å²) in [6.07, 6.45) is 6.20. The van der Waals surface area contributed by atoms with Gasteiger partial charge < -0.3 is 15.1 Å². The Morgan fingerprint density at radius 2 is 2.04 bits per heavy atom. The number of likely N-dealkylation sites (tertiary alicyclic amines) is 2. The lowest BCUT2D eigenvalue weighted by atomic mass is 10.1. The van der Waals surface area contributed by atoms with E-state index in [9.17, 15) is 14.4 Å². The number of aromatic nitrogens is 2. The number of hydrogen-bond donors (Lipinski definition) is 1. The number of amides is 3. The number of carbonyl (C=O) groups excluding carboxylic acids is 3. The Balaban J connectivity index is 1.31. The first-order valence-electron chi connectivity index (χ1n) is 8.88. The fraction of sp³-hybridized carbons (Fsp3) is 0.647. The second-order valence-corrected chi connectivity index (χ2v) is 7.32. The topological polar surface area (TPSA) is 87.5 Å². The molecule has 1 atom stereocenters. The van der Waals surface area contributed by atoms with Crippen molar-refractivity contribution in [1.82, 2.24) is 24.9 Å². The highest BCUT2D eigenvalue weighted by Crippen LogP contribution is 2.30. The van der Waals surface area contributed by atoms with Crippen molar-refractivity contribution in [2.75, 3.05) is 26.7 Å². The van der Waals surface area contributed by atoms with Crippen molar-refractivity contribution >= 4 is 17.7 Å². The van der Waals surface area contributed by atoms with Crippen LogP contribution in [0, 0.1) is 11.8 Å². The summed E-state index contributed by atoms with van der Waals surface area (Å²) >= 11 is 0. The minimum atomic E-state index is -0.275. The first-order chi connectivity index (χ1) is 12.0. The Morgan fingerprint density at radius 1 is 1.28 bits per heavy atom. The van der Waals surface area contributed by atoms with Gasteiger partial charge in [0.1, 0.15) is 0 Å². The normalized spacial score (nSPS) is 23.7. The van der Waals surface area contributed by atoms with Crippen molar-refractivity contribution in [2.24, 2.45) is 11.8 Å². The molecule has 2 saturated heterocycles. The Morgan fingerprint density at radius 3 is 2.72 bits per heavy atom. The average Bonchev–Trinajstić information content (AvgIpc) is 3.10. The predicted octanol–water partition coefficient (Wildman–Crippen LogP) is -0.288. The maximum Gasteiger partial charge on any atom is 0.257 e. The van der Waals surface area contributed by atoms with Crippen LogP contribution in [0.1, 0.15) is 29.6 Å². The van der Waals surface area contributed by atoms with Crippen LogP contribution in [-0.2, 0) is 16.1 Å². The standard InChI is InChI=1S/C17H23N5O3/c1-18-16(24)12-4-15(23)22(8-12)14-9-20(10-14)17(25)13-5-19-21(7-13)6-11-2-3-11/h5,7,11-12,14H,2-4,6,8-10H2,1H3,(H,18,24). The molecule has 1 aromatic rings. The lowest BCUT2D eigenvalue weighted by Gasteiger charge is -2.43. The summed E-state index contributed by atoms with van der Waals surface area (Å²) in [6, 6.07) is 0.0209. The number of rotatable bonds is 5. The highest BCUT2D eigenvalue weighted by Gasteiger charge is 2.43. The van der Waals surface area contributed by atoms with Crippen LogP contribution in [0.3, 0.4) is 0 Å². The Hall–Kier alpha value is -2.38. The molecule has 2 aliphatic heterocycles. The van der Waals surface area contributed by atoms with E-state index >= 15 is 0 Å². The molecule has 25 heavy (non-hydrogen) atoms. The zero-order chi connectivity index (χ0) is 17.6. The van der Waals surface area contributed by atoms with E-state index in [1.165, 1.54) is 12.8 Å². The van der Waals surface area contributed by atoms with Crippen LogP contribution in [0.5, 0.6) is 0 Å². The number of hydrogen-bond acceptors (Lipinski definition) is 4. The van der Waals surface area contributed by atoms with Crippen molar-refractivity contribution in [3.8, 4) is 0 Å². The van der Waals surface area contributed by atoms with Crippen LogP contribution in [-0.4, -0.2) is 70.0 Å². The predicted molar refractivity (Wildman–Crippen MR) is 88.5 cm³/mol. The third kappa shape index (κ3) is 3.12. The Bertz CT molecular complexity index is 705. The third-order valence-electron chi connectivity index (χ3n) is 5.39. The number of carbonyl (C=O) groups is 3. The van der Waals surface area contributed by atoms with E-state index in [0.717, 1.165) is 6.54 Å². The first kappa shape index (κ1) is 16.1. The van der Waals surface area contributed by atoms with Gasteiger partial charge in [-0.15, -0.1) is 0 Å². The molecule has 0 spiro atoms. The summed E-state index contributed by atoms with van der Waals surface area (Å²) < 4.78 is 1.85. The van der Waals surface area contributed by atoms with Gasteiger partial charge in [-0.2, -0.15) is 5.10 Å². The summed E-state index contributed by atoms with van der Waals surface area (Å²) in [7, 11) is 1.59. The molecular formula is C17H23N5O3. The van der Waals surface area contributed by atoms with Gasteiger partial charge in [-0.05, 0) is 18.8 Å². The molecule has 134 valence electrons. The van der Waals surface area contributed by atoms with Crippen LogP contribution in [0.4, 0.5) is 0 Å². The molecule has 0 bridgehead atoms. The molecule has 3 amide bonds. The maximum absolute atomic E-state index is 12.5. The van der Waals surface area contributed by atoms with E-state index in [2.05, 4.69) is 10.4 Å². The Labute approximate surface area is 146 Å². The van der Waals surface area contributed by atoms with Gasteiger partial charge in [0.05, 0.1) is 23.7 Å². The lowest BCUT2D eigenvalue weighted by Crippen LogP contribution is -2.61. The molecular weight excluding hydrogens is 322 g/mol. The SMILES string of the molecule is CNC(=O)C1CC(=O)N(C2CN(C(=O)c3cnn(CC4CC4)c3)C2)C1. The minimum Gasteiger partial charge on any atom is -0.359 e. The Kier molecular flexibility index (Phi) is 3.97. The summed E-state index contributed by atoms with van der Waals surface area (Å²) in [6.45, 7) is 2.39. The monoisotopic (exact) mass is 345 g/mol. The van der Waals surface area contributed by atoms with Gasteiger partial charge in [0.15, 0.2) is 0 Å². The molecule has 1 aromatic heterocycles. The zero-order valence-electron chi connectivity index (χ0n) is 14.4. The molecule has 4 rings (SSSR count). The van der Waals surface area contributed by atoms with Crippen LogP contribution in [0.25, 0.3) is 0 Å². The van der Waals surface area contributed by atoms with Crippen LogP contribution < -0.4 is 5.32 Å². The van der Waals surface area contributed by atoms with Gasteiger partial charge in [0.25, 0.3) is 5.91 Å². The summed E-state index contributed by atoms with van der Waals surface area (Å²) in [5.41, 5.74) is 0.607. The molecule has 8 nitrogen and oxygen atoms in total. The minimum absolute atomic E-state index is 0.00273. The zero-order valence-corrected chi connectivity index (χ0v) is 14.4. The van der Waals surface area contributed by atoms with Gasteiger partial charge >= 0.3 is 0 Å². The molecule has 3 aliphatic rings. The maximum atomic E-state index is 12.5. The molecule has 3 heterocycles. The van der Waals surface area contributed by atoms with Crippen molar-refractivity contribution in [1.29, 1.82) is 0 Å². The fourth-order valence-electron chi connectivity index (χ4n) is 3.60. The smallest absolute Gasteiger partial charge is 0.257 e. The van der Waals surface area contributed by atoms with E-state index < -0.39 is 0 Å². The van der Waals surface area contributed by atoms with E-state index in [-0.39, 0.29) is 36.1 Å². The fourth-order valence-corrected chi connectivity index (χ4v) is 3.60. The van der Waals surface area contributed by atoms with Crippen molar-refractivity contribution in [3.63, 3.8) is 0 Å². The molecule has 1 N–H and O–H groups in total. The van der Waals surface area contributed by atoms with Crippen molar-refractivity contribution in [3.05, 3.63) is 18.0 Å². The summed E-state index contributed by atoms with van der Waals surface area (Å²) in [4.78, 5) is 39.8. The van der Waals surface area contributed by atoms with Gasteiger partial charge in [-0.3, -0.25) is 19.1 Å². The van der Waals surface area contributed by atoms with E-state index in [4.69, 9.17) is 0 Å². The number of nitrogens with one attached hydrogen (secondary N) is 1. The highest BCUT2D eigenvalue weighted by molar-refractivity contribution is 5.94. The molecule has 0 radical (unpaired) electrons. The molecule has 1 saturated carbocycles. The largest absolute Gasteiger partial charge is 0.359 e. The van der Waals surface area contributed by atoms with Crippen LogP contribution in [0.15, 0.2) is 12.4 Å². The second kappa shape index (κ2) is 6.16. The van der Waals surface area contributed by atoms with Crippen LogP contribution >= 0.6 is 0 Å². The highest BCUT2D eigenvalue weighted by atomic mass is 16.2. The third-order valence-corrected chi connectivity index (χ3v) is 5.39. The average molecular weight is 345 g/mol. The van der Waals surface area contributed by atoms with Gasteiger partial charge in [0.2, 0.25) is 11.8 Å². The van der Waals surface area contributed by atoms with E-state index in [1.807, 2.05) is 10.9 Å². The summed E-state index contributed by atoms with van der Waals surface area (Å²) in [5, 5.41) is 6.87. The number of nitrogens with zero attached hydrogens (tertiary/aromatic N) is 4. The second-order valence-electron chi connectivity index (χ2n) is 7.32. The van der Waals surface area contributed by atoms with E-state index in [0.29, 0.717) is 31.1 Å². The van der Waals surface area contributed by atoms with Gasteiger partial charge in [-0.1, -0.05) is 0 Å². The summed E-state index contributed by atoms with van der Waals surface area (Å²) in [5.74, 6) is 0.315. The quantitative estimate of drug-likeness (QED) is 0.795. The molecule has 0 aromatic carbocycles. The van der Waals surface area contributed by atoms with Crippen molar-refractivity contribution < 1.29 is 14.4 Å². The first-order valence-corrected chi connectivity index (χ1v) is 8.88. The van der Waals surface area contributed by atoms with Gasteiger partial charge in [-0.25, -0.2) is 0 Å². The van der Waals surface area contributed by atoms with E-state index in [1.54, 1.807) is 23.0 Å². The van der Waals surface area contributed by atoms with Gasteiger partial charge in [0, 0.05) is 45.8 Å². The van der Waals surface area contributed by atoms with Crippen LogP contribution in [0.2, 0.25) is 0 Å². The molecule has 1 aliphatic carbocycles.